The topological polar surface area (TPSA) is 404 Å². The van der Waals surface area contributed by atoms with Gasteiger partial charge in [-0.3, -0.25) is 52.9 Å². The fourth-order valence-corrected chi connectivity index (χ4v) is 8.60. The molecule has 0 aliphatic carbocycles. The Hall–Kier alpha value is -5.51. The van der Waals surface area contributed by atoms with Crippen LogP contribution in [0.25, 0.3) is 0 Å². The summed E-state index contributed by atoms with van der Waals surface area (Å²) in [4.78, 5) is 136. The van der Waals surface area contributed by atoms with Gasteiger partial charge in [-0.15, -0.1) is 35.1 Å². The number of alkyl halides is 1. The van der Waals surface area contributed by atoms with Gasteiger partial charge in [0.15, 0.2) is 5.96 Å². The Kier molecular flexibility index (Phi) is 27.1. The highest BCUT2D eigenvalue weighted by molar-refractivity contribution is 8.16. The van der Waals surface area contributed by atoms with Crippen molar-refractivity contribution in [3.63, 3.8) is 0 Å². The molecule has 1 aromatic carbocycles. The highest BCUT2D eigenvalue weighted by Gasteiger charge is 2.34. The molecule has 1 saturated heterocycles. The second-order valence-corrected chi connectivity index (χ2v) is 17.9. The fraction of sp³-hybridized carbons (Fsp3) is 0.564. The van der Waals surface area contributed by atoms with E-state index in [0.717, 1.165) is 23.5 Å². The summed E-state index contributed by atoms with van der Waals surface area (Å²) >= 11 is 11.9. The fourth-order valence-electron chi connectivity index (χ4n) is 6.07. The molecule has 28 heteroatoms. The number of guanidine groups is 1. The van der Waals surface area contributed by atoms with Gasteiger partial charge in [0.1, 0.15) is 48.2 Å². The first-order valence-corrected chi connectivity index (χ1v) is 24.4. The predicted molar refractivity (Wildman–Crippen MR) is 255 cm³/mol. The number of thiol groups is 1. The number of aliphatic carboxylic acids is 1. The number of thioether (sulfide) groups is 2. The van der Waals surface area contributed by atoms with Crippen LogP contribution in [0.3, 0.4) is 0 Å². The average molecular weight is 1020 g/mol. The van der Waals surface area contributed by atoms with Crippen LogP contribution in [-0.4, -0.2) is 160 Å². The standard InChI is InChI=1S/C39H60ClN13O11S3/c40-15-29(54)47-23(9-4-5-11-41)34(60)52-27-18-66-20-67-19-28(38(64)50-24(13-21-7-2-1-3-8-21)35(61)51-26(17-65)32(42)58)53-36(62)25(14-31(56)57)48-30(55)16-46-33(59)22(49-37(27)63)10-6-12-45-39(43)44/h1-3,7-8,22-28,65H,4-6,9-20,41H2,(H2,42,58)(H,46,59)(H,47,54)(H,48,55)(H,49,63)(H,50,64)(H,51,61)(H,52,60)(H,53,62)(H,56,57)(H4,43,44,45)/t22-,23-,24-,25-,26-,27-,28-/m0/s1. The molecule has 1 aliphatic rings. The summed E-state index contributed by atoms with van der Waals surface area (Å²) in [6, 6.07) is -1.08. The Morgan fingerprint density at radius 1 is 0.836 bits per heavy atom. The lowest BCUT2D eigenvalue weighted by Gasteiger charge is -2.27. The van der Waals surface area contributed by atoms with Crippen LogP contribution in [0.5, 0.6) is 0 Å². The zero-order valence-electron chi connectivity index (χ0n) is 36.5. The van der Waals surface area contributed by atoms with Crippen LogP contribution in [-0.2, 0) is 54.4 Å². The second kappa shape index (κ2) is 31.5. The number of hydrogen-bond acceptors (Lipinski definition) is 15. The maximum absolute atomic E-state index is 14.1. The van der Waals surface area contributed by atoms with Crippen LogP contribution >= 0.6 is 47.8 Å². The molecule has 1 aromatic rings. The smallest absolute Gasteiger partial charge is 0.305 e. The molecule has 0 radical (unpaired) electrons. The van der Waals surface area contributed by atoms with Gasteiger partial charge in [-0.25, -0.2) is 0 Å². The summed E-state index contributed by atoms with van der Waals surface area (Å²) in [5, 5.41) is 29.6. The molecular formula is C39H60ClN13O11S3. The minimum Gasteiger partial charge on any atom is -0.481 e. The molecule has 0 aromatic heterocycles. The number of nitrogens with two attached hydrogens (primary N) is 4. The number of benzene rings is 1. The molecule has 24 nitrogen and oxygen atoms in total. The third-order valence-corrected chi connectivity index (χ3v) is 12.6. The highest BCUT2D eigenvalue weighted by atomic mass is 35.5. The molecule has 1 heterocycles. The number of unbranched alkanes of at least 4 members (excludes halogenated alkanes) is 1. The molecule has 372 valence electrons. The maximum Gasteiger partial charge on any atom is 0.305 e. The summed E-state index contributed by atoms with van der Waals surface area (Å²) in [6.45, 7) is -0.437. The van der Waals surface area contributed by atoms with Crippen molar-refractivity contribution in [2.75, 3.05) is 47.9 Å². The molecule has 7 atom stereocenters. The summed E-state index contributed by atoms with van der Waals surface area (Å²) in [6.07, 6.45) is 0.190. The van der Waals surface area contributed by atoms with Crippen LogP contribution < -0.4 is 65.5 Å². The van der Waals surface area contributed by atoms with Crippen molar-refractivity contribution in [1.82, 2.24) is 42.5 Å². The van der Waals surface area contributed by atoms with Gasteiger partial charge in [0.2, 0.25) is 53.2 Å². The normalized spacial score (nSPS) is 20.0. The van der Waals surface area contributed by atoms with Crippen molar-refractivity contribution in [2.24, 2.45) is 27.9 Å². The van der Waals surface area contributed by atoms with Crippen molar-refractivity contribution in [1.29, 1.82) is 0 Å². The molecule has 0 saturated carbocycles. The molecule has 2 rings (SSSR count). The number of carboxylic acids is 1. The lowest BCUT2D eigenvalue weighted by Crippen LogP contribution is -2.60. The Morgan fingerprint density at radius 2 is 1.54 bits per heavy atom. The van der Waals surface area contributed by atoms with Gasteiger partial charge in [-0.05, 0) is 44.2 Å². The van der Waals surface area contributed by atoms with Gasteiger partial charge in [0.25, 0.3) is 0 Å². The van der Waals surface area contributed by atoms with E-state index in [2.05, 4.69) is 60.2 Å². The van der Waals surface area contributed by atoms with E-state index < -0.39 is 120 Å². The van der Waals surface area contributed by atoms with Gasteiger partial charge in [-0.1, -0.05) is 30.3 Å². The first-order valence-electron chi connectivity index (χ1n) is 20.9. The molecule has 0 bridgehead atoms. The van der Waals surface area contributed by atoms with Crippen LogP contribution in [0.1, 0.15) is 44.1 Å². The zero-order valence-corrected chi connectivity index (χ0v) is 39.7. The van der Waals surface area contributed by atoms with Gasteiger partial charge in [-0.2, -0.15) is 12.6 Å². The summed E-state index contributed by atoms with van der Waals surface area (Å²) in [7, 11) is 0. The number of carbonyl (C=O) groups excluding carboxylic acids is 9. The SMILES string of the molecule is NCCCC[C@H](NC(=O)CCl)C(=O)N[C@H]1CSCSC[C@@H](C(=O)N[C@@H](Cc2ccccc2)C(=O)N[C@@H](CS)C(N)=O)NC(=O)[C@H](CC(=O)O)NC(=O)CNC(=O)[C@H](CCCN=C(N)N)NC1=O. The average Bonchev–Trinajstić information content (AvgIpc) is 3.28. The number of amides is 9. The summed E-state index contributed by atoms with van der Waals surface area (Å²) in [5.74, 6) is -10.5. The van der Waals surface area contributed by atoms with E-state index in [0.29, 0.717) is 24.9 Å². The van der Waals surface area contributed by atoms with Crippen LogP contribution in [0.4, 0.5) is 0 Å². The third-order valence-electron chi connectivity index (χ3n) is 9.51. The molecule has 17 N–H and O–H groups in total. The number of aliphatic imine (C=N–C) groups is 1. The number of primary amides is 1. The molecular weight excluding hydrogens is 958 g/mol. The van der Waals surface area contributed by atoms with Crippen molar-refractivity contribution < 1.29 is 53.1 Å². The van der Waals surface area contributed by atoms with Crippen molar-refractivity contribution in [3.8, 4) is 0 Å². The van der Waals surface area contributed by atoms with Crippen LogP contribution in [0.15, 0.2) is 35.3 Å². The van der Waals surface area contributed by atoms with E-state index in [9.17, 15) is 53.1 Å². The summed E-state index contributed by atoms with van der Waals surface area (Å²) < 4.78 is 0. The molecule has 67 heavy (non-hydrogen) atoms. The van der Waals surface area contributed by atoms with Crippen molar-refractivity contribution in [2.45, 2.75) is 87.2 Å². The van der Waals surface area contributed by atoms with Gasteiger partial charge < -0.3 is 70.6 Å². The first-order chi connectivity index (χ1) is 31.9. The molecule has 1 fully saturated rings. The largest absolute Gasteiger partial charge is 0.481 e. The van der Waals surface area contributed by atoms with E-state index in [1.165, 1.54) is 0 Å². The number of carbonyl (C=O) groups is 10. The minimum atomic E-state index is -1.77. The van der Waals surface area contributed by atoms with Gasteiger partial charge >= 0.3 is 5.97 Å². The quantitative estimate of drug-likeness (QED) is 0.0171. The minimum absolute atomic E-state index is 0.0537. The Morgan fingerprint density at radius 3 is 2.16 bits per heavy atom. The van der Waals surface area contributed by atoms with E-state index in [-0.39, 0.29) is 60.5 Å². The highest BCUT2D eigenvalue weighted by Crippen LogP contribution is 2.17. The van der Waals surface area contributed by atoms with E-state index >= 15 is 0 Å². The number of carboxylic acid groups (broad SMARTS) is 1. The lowest BCUT2D eigenvalue weighted by molar-refractivity contribution is -0.141. The predicted octanol–water partition coefficient (Wildman–Crippen LogP) is -4.51. The van der Waals surface area contributed by atoms with E-state index in [1.54, 1.807) is 30.3 Å². The first kappa shape index (κ1) is 57.6. The molecule has 0 spiro atoms. The van der Waals surface area contributed by atoms with Crippen molar-refractivity contribution in [3.05, 3.63) is 35.9 Å². The number of rotatable bonds is 22. The van der Waals surface area contributed by atoms with Crippen LogP contribution in [0.2, 0.25) is 0 Å². The zero-order chi connectivity index (χ0) is 49.9. The lowest BCUT2D eigenvalue weighted by atomic mass is 10.0. The maximum atomic E-state index is 14.1. The Balaban J connectivity index is 2.54. The van der Waals surface area contributed by atoms with Gasteiger partial charge in [0.05, 0.1) is 13.0 Å². The Bertz CT molecular complexity index is 1900. The summed E-state index contributed by atoms with van der Waals surface area (Å²) in [5.41, 5.74) is 22.5. The molecule has 0 unspecified atom stereocenters. The number of halogens is 1. The Labute approximate surface area is 405 Å². The number of nitrogens with one attached hydrogen (secondary N) is 8. The van der Waals surface area contributed by atoms with E-state index in [4.69, 9.17) is 34.5 Å². The molecule has 9 amide bonds. The monoisotopic (exact) mass is 1020 g/mol. The molecule has 1 aliphatic heterocycles. The third kappa shape index (κ3) is 22.7. The van der Waals surface area contributed by atoms with Gasteiger partial charge in [0, 0.05) is 35.3 Å². The van der Waals surface area contributed by atoms with Crippen molar-refractivity contribution >= 4 is 113 Å². The number of hydrogen-bond donors (Lipinski definition) is 14. The second-order valence-electron chi connectivity index (χ2n) is 14.9. The van der Waals surface area contributed by atoms with Crippen LogP contribution in [0, 0.1) is 0 Å². The number of nitrogens with zero attached hydrogens (tertiary/aromatic N) is 1. The van der Waals surface area contributed by atoms with E-state index in [1.807, 2.05) is 0 Å².